The normalized spacial score (nSPS) is 12.7. The van der Waals surface area contributed by atoms with Crippen molar-refractivity contribution in [1.29, 1.82) is 0 Å². The number of rotatable bonds is 10. The van der Waals surface area contributed by atoms with E-state index in [4.69, 9.17) is 10.5 Å². The average Bonchev–Trinajstić information content (AvgIpc) is 2.21. The maximum absolute atomic E-state index is 9.28. The standard InChI is InChI=1S/C12H25NO2/c1-3-12(14)8-6-10-15-9-5-4-7-11(2)13/h12,14H,2-10,13H2,1H3. The predicted octanol–water partition coefficient (Wildman–Crippen LogP) is 2.20. The van der Waals surface area contributed by atoms with Gasteiger partial charge in [-0.05, 0) is 38.5 Å². The van der Waals surface area contributed by atoms with E-state index in [0.29, 0.717) is 0 Å². The minimum Gasteiger partial charge on any atom is -0.403 e. The third-order valence-corrected chi connectivity index (χ3v) is 2.33. The number of ether oxygens (including phenoxy) is 1. The summed E-state index contributed by atoms with van der Waals surface area (Å²) in [5.41, 5.74) is 6.19. The van der Waals surface area contributed by atoms with Gasteiger partial charge in [-0.15, -0.1) is 0 Å². The molecule has 0 heterocycles. The van der Waals surface area contributed by atoms with E-state index >= 15 is 0 Å². The molecule has 0 aliphatic rings. The van der Waals surface area contributed by atoms with Gasteiger partial charge in [-0.25, -0.2) is 0 Å². The van der Waals surface area contributed by atoms with Crippen LogP contribution in [0.4, 0.5) is 0 Å². The van der Waals surface area contributed by atoms with Crippen LogP contribution in [0.2, 0.25) is 0 Å². The molecule has 0 aliphatic heterocycles. The number of unbranched alkanes of at least 4 members (excludes halogenated alkanes) is 1. The maximum atomic E-state index is 9.28. The van der Waals surface area contributed by atoms with Gasteiger partial charge in [-0.1, -0.05) is 13.5 Å². The highest BCUT2D eigenvalue weighted by Crippen LogP contribution is 2.03. The van der Waals surface area contributed by atoms with Gasteiger partial charge in [0, 0.05) is 18.9 Å². The lowest BCUT2D eigenvalue weighted by Crippen LogP contribution is -2.06. The van der Waals surface area contributed by atoms with Crippen molar-refractivity contribution in [3.8, 4) is 0 Å². The lowest BCUT2D eigenvalue weighted by atomic mass is 10.1. The van der Waals surface area contributed by atoms with Crippen LogP contribution in [-0.4, -0.2) is 24.4 Å². The molecule has 0 aromatic rings. The fourth-order valence-electron chi connectivity index (χ4n) is 1.28. The van der Waals surface area contributed by atoms with Crippen molar-refractivity contribution in [2.75, 3.05) is 13.2 Å². The van der Waals surface area contributed by atoms with Crippen molar-refractivity contribution in [2.24, 2.45) is 5.73 Å². The third-order valence-electron chi connectivity index (χ3n) is 2.33. The van der Waals surface area contributed by atoms with Crippen molar-refractivity contribution in [1.82, 2.24) is 0 Å². The molecule has 1 unspecified atom stereocenters. The molecule has 0 aromatic heterocycles. The summed E-state index contributed by atoms with van der Waals surface area (Å²) in [7, 11) is 0. The Balaban J connectivity index is 3.02. The van der Waals surface area contributed by atoms with Gasteiger partial charge in [0.25, 0.3) is 0 Å². The molecule has 0 fully saturated rings. The van der Waals surface area contributed by atoms with Gasteiger partial charge in [0.2, 0.25) is 0 Å². The topological polar surface area (TPSA) is 55.5 Å². The van der Waals surface area contributed by atoms with Crippen LogP contribution in [0.1, 0.15) is 45.4 Å². The van der Waals surface area contributed by atoms with E-state index in [1.165, 1.54) is 0 Å². The van der Waals surface area contributed by atoms with Crippen molar-refractivity contribution < 1.29 is 9.84 Å². The molecule has 0 rings (SSSR count). The molecule has 1 atom stereocenters. The van der Waals surface area contributed by atoms with E-state index in [2.05, 4.69) is 6.58 Å². The quantitative estimate of drug-likeness (QED) is 0.549. The fraction of sp³-hybridized carbons (Fsp3) is 0.833. The Hall–Kier alpha value is -0.540. The van der Waals surface area contributed by atoms with E-state index in [1.54, 1.807) is 0 Å². The number of aliphatic hydroxyl groups excluding tert-OH is 1. The Bertz CT molecular complexity index is 160. The first-order valence-electron chi connectivity index (χ1n) is 5.85. The molecule has 0 bridgehead atoms. The van der Waals surface area contributed by atoms with E-state index in [1.807, 2.05) is 6.92 Å². The van der Waals surface area contributed by atoms with Gasteiger partial charge in [-0.2, -0.15) is 0 Å². The smallest absolute Gasteiger partial charge is 0.0538 e. The summed E-state index contributed by atoms with van der Waals surface area (Å²) in [4.78, 5) is 0. The van der Waals surface area contributed by atoms with Gasteiger partial charge in [0.1, 0.15) is 0 Å². The Morgan fingerprint density at radius 2 is 2.00 bits per heavy atom. The summed E-state index contributed by atoms with van der Waals surface area (Å²) >= 11 is 0. The summed E-state index contributed by atoms with van der Waals surface area (Å²) < 4.78 is 5.43. The predicted molar refractivity (Wildman–Crippen MR) is 63.5 cm³/mol. The number of nitrogens with two attached hydrogens (primary N) is 1. The molecule has 0 amide bonds. The lowest BCUT2D eigenvalue weighted by Gasteiger charge is -2.07. The molecule has 0 radical (unpaired) electrons. The lowest BCUT2D eigenvalue weighted by molar-refractivity contribution is 0.103. The number of hydrogen-bond acceptors (Lipinski definition) is 3. The summed E-state index contributed by atoms with van der Waals surface area (Å²) in [5, 5.41) is 9.28. The van der Waals surface area contributed by atoms with Crippen LogP contribution >= 0.6 is 0 Å². The van der Waals surface area contributed by atoms with Crippen LogP contribution in [0.3, 0.4) is 0 Å². The average molecular weight is 215 g/mol. The van der Waals surface area contributed by atoms with Crippen LogP contribution in [-0.2, 0) is 4.74 Å². The maximum Gasteiger partial charge on any atom is 0.0538 e. The minimum absolute atomic E-state index is 0.158. The molecule has 3 nitrogen and oxygen atoms in total. The van der Waals surface area contributed by atoms with E-state index < -0.39 is 0 Å². The summed E-state index contributed by atoms with van der Waals surface area (Å²) in [6.45, 7) is 7.17. The van der Waals surface area contributed by atoms with Gasteiger partial charge in [0.05, 0.1) is 6.10 Å². The number of aliphatic hydroxyl groups is 1. The fourth-order valence-corrected chi connectivity index (χ4v) is 1.28. The second kappa shape index (κ2) is 9.99. The third kappa shape index (κ3) is 11.4. The highest BCUT2D eigenvalue weighted by atomic mass is 16.5. The Kier molecular flexibility index (Phi) is 9.63. The number of hydrogen-bond donors (Lipinski definition) is 2. The minimum atomic E-state index is -0.158. The van der Waals surface area contributed by atoms with Gasteiger partial charge in [0.15, 0.2) is 0 Å². The van der Waals surface area contributed by atoms with E-state index in [-0.39, 0.29) is 6.10 Å². The van der Waals surface area contributed by atoms with Crippen LogP contribution in [0.15, 0.2) is 12.3 Å². The largest absolute Gasteiger partial charge is 0.403 e. The first-order chi connectivity index (χ1) is 7.16. The van der Waals surface area contributed by atoms with Gasteiger partial charge >= 0.3 is 0 Å². The molecular formula is C12H25NO2. The zero-order chi connectivity index (χ0) is 11.5. The molecular weight excluding hydrogens is 190 g/mol. The zero-order valence-corrected chi connectivity index (χ0v) is 9.87. The first kappa shape index (κ1) is 14.5. The zero-order valence-electron chi connectivity index (χ0n) is 9.87. The van der Waals surface area contributed by atoms with Crippen LogP contribution < -0.4 is 5.73 Å². The van der Waals surface area contributed by atoms with Crippen molar-refractivity contribution in [3.63, 3.8) is 0 Å². The van der Waals surface area contributed by atoms with E-state index in [0.717, 1.165) is 57.4 Å². The molecule has 90 valence electrons. The van der Waals surface area contributed by atoms with Crippen molar-refractivity contribution in [2.45, 2.75) is 51.6 Å². The van der Waals surface area contributed by atoms with Crippen LogP contribution in [0.5, 0.6) is 0 Å². The Morgan fingerprint density at radius 3 is 2.60 bits per heavy atom. The molecule has 15 heavy (non-hydrogen) atoms. The Labute approximate surface area is 93.3 Å². The molecule has 0 aliphatic carbocycles. The Morgan fingerprint density at radius 1 is 1.33 bits per heavy atom. The second-order valence-electron chi connectivity index (χ2n) is 3.93. The van der Waals surface area contributed by atoms with Crippen LogP contribution in [0.25, 0.3) is 0 Å². The van der Waals surface area contributed by atoms with Gasteiger partial charge < -0.3 is 15.6 Å². The molecule has 0 saturated carbocycles. The van der Waals surface area contributed by atoms with Crippen LogP contribution in [0, 0.1) is 0 Å². The number of allylic oxidation sites excluding steroid dienone is 1. The molecule has 0 spiro atoms. The van der Waals surface area contributed by atoms with E-state index in [9.17, 15) is 5.11 Å². The summed E-state index contributed by atoms with van der Waals surface area (Å²) in [5.74, 6) is 0. The molecule has 3 N–H and O–H groups in total. The second-order valence-corrected chi connectivity index (χ2v) is 3.93. The monoisotopic (exact) mass is 215 g/mol. The molecule has 0 saturated heterocycles. The highest BCUT2D eigenvalue weighted by Gasteiger charge is 1.99. The molecule has 0 aromatic carbocycles. The summed E-state index contributed by atoms with van der Waals surface area (Å²) in [6.07, 6.45) is 5.43. The SMILES string of the molecule is C=C(N)CCCCOCCCC(O)CC. The van der Waals surface area contributed by atoms with Crippen molar-refractivity contribution >= 4 is 0 Å². The summed E-state index contributed by atoms with van der Waals surface area (Å²) in [6, 6.07) is 0. The van der Waals surface area contributed by atoms with Crippen molar-refractivity contribution in [3.05, 3.63) is 12.3 Å². The first-order valence-corrected chi connectivity index (χ1v) is 5.85. The highest BCUT2D eigenvalue weighted by molar-refractivity contribution is 4.84. The molecule has 3 heteroatoms. The van der Waals surface area contributed by atoms with Gasteiger partial charge in [-0.3, -0.25) is 0 Å².